The lowest BCUT2D eigenvalue weighted by molar-refractivity contribution is -0.123. The van der Waals surface area contributed by atoms with Crippen molar-refractivity contribution in [1.29, 1.82) is 0 Å². The number of halogens is 2. The molecule has 4 rings (SSSR count). The van der Waals surface area contributed by atoms with Crippen LogP contribution in [0.25, 0.3) is 16.9 Å². The Kier molecular flexibility index (Phi) is 6.99. The Labute approximate surface area is 198 Å². The first kappa shape index (κ1) is 21.8. The Morgan fingerprint density at radius 3 is 2.53 bits per heavy atom. The summed E-state index contributed by atoms with van der Waals surface area (Å²) in [6, 6.07) is 24.6. The number of nitrogens with zero attached hydrogens (tertiary/aromatic N) is 3. The molecule has 160 valence electrons. The van der Waals surface area contributed by atoms with Crippen molar-refractivity contribution in [3.8, 4) is 22.7 Å². The summed E-state index contributed by atoms with van der Waals surface area (Å²) < 4.78 is 8.18. The number of para-hydroxylation sites is 2. The second-order valence-electron chi connectivity index (χ2n) is 6.73. The summed E-state index contributed by atoms with van der Waals surface area (Å²) in [4.78, 5) is 12.1. The number of aromatic nitrogens is 2. The van der Waals surface area contributed by atoms with E-state index in [0.717, 1.165) is 27.0 Å². The van der Waals surface area contributed by atoms with E-state index >= 15 is 0 Å². The molecule has 0 bridgehead atoms. The molecule has 32 heavy (non-hydrogen) atoms. The van der Waals surface area contributed by atoms with Crippen molar-refractivity contribution in [3.05, 3.63) is 100 Å². The number of hydrogen-bond donors (Lipinski definition) is 1. The normalized spacial score (nSPS) is 10.9. The summed E-state index contributed by atoms with van der Waals surface area (Å²) in [5.74, 6) is 0.0387. The average Bonchev–Trinajstić information content (AvgIpc) is 3.24. The number of nitrogens with one attached hydrogen (secondary N) is 1. The highest BCUT2D eigenvalue weighted by Crippen LogP contribution is 2.25. The maximum Gasteiger partial charge on any atom is 0.277 e. The van der Waals surface area contributed by atoms with Crippen LogP contribution in [-0.2, 0) is 4.79 Å². The second kappa shape index (κ2) is 10.3. The van der Waals surface area contributed by atoms with Gasteiger partial charge in [0.25, 0.3) is 5.91 Å². The molecule has 0 aliphatic rings. The van der Waals surface area contributed by atoms with Gasteiger partial charge in [-0.2, -0.15) is 10.2 Å². The Balaban J connectivity index is 1.50. The van der Waals surface area contributed by atoms with E-state index in [2.05, 4.69) is 26.5 Å². The van der Waals surface area contributed by atoms with Gasteiger partial charge in [0.15, 0.2) is 6.61 Å². The van der Waals surface area contributed by atoms with Crippen molar-refractivity contribution in [2.45, 2.75) is 0 Å². The predicted octanol–water partition coefficient (Wildman–Crippen LogP) is 5.48. The molecular formula is C24H18BrClN4O2. The van der Waals surface area contributed by atoms with E-state index < -0.39 is 5.91 Å². The zero-order valence-corrected chi connectivity index (χ0v) is 19.1. The van der Waals surface area contributed by atoms with Crippen LogP contribution in [0, 0.1) is 0 Å². The number of rotatable bonds is 7. The highest BCUT2D eigenvalue weighted by molar-refractivity contribution is 9.10. The molecule has 0 aliphatic carbocycles. The van der Waals surface area contributed by atoms with Crippen LogP contribution in [-0.4, -0.2) is 28.5 Å². The zero-order valence-electron chi connectivity index (χ0n) is 16.8. The molecule has 1 amide bonds. The fourth-order valence-electron chi connectivity index (χ4n) is 2.94. The minimum absolute atomic E-state index is 0.204. The number of hydrazone groups is 1. The van der Waals surface area contributed by atoms with Gasteiger partial charge < -0.3 is 4.74 Å². The molecule has 3 aromatic carbocycles. The monoisotopic (exact) mass is 508 g/mol. The van der Waals surface area contributed by atoms with E-state index in [1.807, 2.05) is 60.8 Å². The summed E-state index contributed by atoms with van der Waals surface area (Å²) in [6.45, 7) is -0.204. The van der Waals surface area contributed by atoms with Crippen molar-refractivity contribution in [3.63, 3.8) is 0 Å². The minimum atomic E-state index is -0.401. The van der Waals surface area contributed by atoms with Gasteiger partial charge in [0.1, 0.15) is 11.4 Å². The molecule has 0 fully saturated rings. The number of benzene rings is 3. The van der Waals surface area contributed by atoms with Crippen molar-refractivity contribution >= 4 is 39.7 Å². The van der Waals surface area contributed by atoms with Crippen LogP contribution in [0.4, 0.5) is 0 Å². The number of hydrogen-bond acceptors (Lipinski definition) is 4. The molecule has 0 saturated carbocycles. The number of carbonyl (C=O) groups excluding carboxylic acids is 1. The van der Waals surface area contributed by atoms with Gasteiger partial charge in [-0.1, -0.05) is 70.0 Å². The lowest BCUT2D eigenvalue weighted by atomic mass is 10.1. The van der Waals surface area contributed by atoms with Crippen molar-refractivity contribution in [2.75, 3.05) is 6.61 Å². The second-order valence-corrected chi connectivity index (χ2v) is 8.06. The van der Waals surface area contributed by atoms with E-state index in [1.165, 1.54) is 0 Å². The lowest BCUT2D eigenvalue weighted by Crippen LogP contribution is -2.24. The number of amides is 1. The fourth-order valence-corrected chi connectivity index (χ4v) is 3.39. The molecule has 1 heterocycles. The van der Waals surface area contributed by atoms with Crippen LogP contribution < -0.4 is 10.2 Å². The Morgan fingerprint density at radius 2 is 1.78 bits per heavy atom. The summed E-state index contributed by atoms with van der Waals surface area (Å²) in [7, 11) is 0. The quantitative estimate of drug-likeness (QED) is 0.265. The van der Waals surface area contributed by atoms with Crippen molar-refractivity contribution < 1.29 is 9.53 Å². The third kappa shape index (κ3) is 5.43. The third-order valence-electron chi connectivity index (χ3n) is 4.47. The molecule has 0 radical (unpaired) electrons. The maximum absolute atomic E-state index is 12.1. The highest BCUT2D eigenvalue weighted by Gasteiger charge is 2.11. The molecule has 6 nitrogen and oxygen atoms in total. The SMILES string of the molecule is O=C(COc1ccccc1Cl)N/N=C\c1cn(-c2ccccc2)nc1-c1ccc(Br)cc1. The molecule has 4 aromatic rings. The minimum Gasteiger partial charge on any atom is -0.482 e. The van der Waals surface area contributed by atoms with Gasteiger partial charge in [0, 0.05) is 21.8 Å². The first-order valence-electron chi connectivity index (χ1n) is 9.70. The summed E-state index contributed by atoms with van der Waals surface area (Å²) in [6.07, 6.45) is 3.43. The molecule has 0 unspecified atom stereocenters. The number of ether oxygens (including phenoxy) is 1. The Bertz CT molecular complexity index is 1240. The topological polar surface area (TPSA) is 68.5 Å². The summed E-state index contributed by atoms with van der Waals surface area (Å²) >= 11 is 9.48. The van der Waals surface area contributed by atoms with Gasteiger partial charge in [-0.05, 0) is 36.4 Å². The largest absolute Gasteiger partial charge is 0.482 e. The van der Waals surface area contributed by atoms with Crippen LogP contribution in [0.2, 0.25) is 5.02 Å². The van der Waals surface area contributed by atoms with E-state index in [4.69, 9.17) is 21.4 Å². The van der Waals surface area contributed by atoms with E-state index in [-0.39, 0.29) is 6.61 Å². The molecule has 0 atom stereocenters. The smallest absolute Gasteiger partial charge is 0.277 e. The van der Waals surface area contributed by atoms with E-state index in [0.29, 0.717) is 10.8 Å². The predicted molar refractivity (Wildman–Crippen MR) is 129 cm³/mol. The molecule has 1 N–H and O–H groups in total. The molecular weight excluding hydrogens is 492 g/mol. The van der Waals surface area contributed by atoms with Gasteiger partial charge in [-0.15, -0.1) is 0 Å². The molecule has 8 heteroatoms. The van der Waals surface area contributed by atoms with Crippen LogP contribution in [0.5, 0.6) is 5.75 Å². The van der Waals surface area contributed by atoms with E-state index in [1.54, 1.807) is 35.2 Å². The van der Waals surface area contributed by atoms with Gasteiger partial charge in [-0.3, -0.25) is 4.79 Å². The summed E-state index contributed by atoms with van der Waals surface area (Å²) in [5.41, 5.74) is 5.82. The molecule has 1 aromatic heterocycles. The average molecular weight is 510 g/mol. The van der Waals surface area contributed by atoms with Crippen LogP contribution in [0.1, 0.15) is 5.56 Å². The van der Waals surface area contributed by atoms with Gasteiger partial charge in [0.2, 0.25) is 0 Å². The first-order chi connectivity index (χ1) is 15.6. The Morgan fingerprint density at radius 1 is 1.06 bits per heavy atom. The van der Waals surface area contributed by atoms with E-state index in [9.17, 15) is 4.79 Å². The van der Waals surface area contributed by atoms with Gasteiger partial charge in [-0.25, -0.2) is 10.1 Å². The highest BCUT2D eigenvalue weighted by atomic mass is 79.9. The van der Waals surface area contributed by atoms with Gasteiger partial charge in [0.05, 0.1) is 16.9 Å². The number of carbonyl (C=O) groups is 1. The summed E-state index contributed by atoms with van der Waals surface area (Å²) in [5, 5.41) is 9.25. The standard InChI is InChI=1S/C24H18BrClN4O2/c25-19-12-10-17(11-13-19)24-18(15-30(29-24)20-6-2-1-3-7-20)14-27-28-23(31)16-32-22-9-5-4-8-21(22)26/h1-15H,16H2,(H,28,31)/b27-14-. The third-order valence-corrected chi connectivity index (χ3v) is 5.31. The molecule has 0 spiro atoms. The van der Waals surface area contributed by atoms with Crippen LogP contribution in [0.15, 0.2) is 94.6 Å². The van der Waals surface area contributed by atoms with Crippen molar-refractivity contribution in [2.24, 2.45) is 5.10 Å². The zero-order chi connectivity index (χ0) is 22.3. The molecule has 0 saturated heterocycles. The van der Waals surface area contributed by atoms with Crippen LogP contribution >= 0.6 is 27.5 Å². The van der Waals surface area contributed by atoms with Gasteiger partial charge >= 0.3 is 0 Å². The molecule has 0 aliphatic heterocycles. The first-order valence-corrected chi connectivity index (χ1v) is 10.9. The fraction of sp³-hybridized carbons (Fsp3) is 0.0417. The lowest BCUT2D eigenvalue weighted by Gasteiger charge is -2.06. The Hall–Kier alpha value is -3.42. The van der Waals surface area contributed by atoms with Crippen molar-refractivity contribution in [1.82, 2.24) is 15.2 Å². The van der Waals surface area contributed by atoms with Crippen LogP contribution in [0.3, 0.4) is 0 Å². The maximum atomic E-state index is 12.1.